The maximum atomic E-state index is 12.3. The van der Waals surface area contributed by atoms with Crippen LogP contribution in [0.5, 0.6) is 0 Å². The zero-order valence-corrected chi connectivity index (χ0v) is 11.6. The van der Waals surface area contributed by atoms with Gasteiger partial charge in [-0.25, -0.2) is 8.42 Å². The molecule has 1 aromatic carbocycles. The summed E-state index contributed by atoms with van der Waals surface area (Å²) in [5.41, 5.74) is 8.45. The standard InChI is InChI=1S/C14H21NO2S/c1-2-10-18(16,17)13-9-5-7-11-6-3-4-8-12(11)14(13)15/h3-4,6,8,13-14H,2,5,7,9-10,15H2,1H3. The van der Waals surface area contributed by atoms with Gasteiger partial charge in [0.1, 0.15) is 0 Å². The summed E-state index contributed by atoms with van der Waals surface area (Å²) in [5, 5.41) is -0.416. The molecule has 1 aliphatic carbocycles. The van der Waals surface area contributed by atoms with Crippen molar-refractivity contribution in [3.05, 3.63) is 35.4 Å². The number of sulfone groups is 1. The first-order valence-corrected chi connectivity index (χ1v) is 8.32. The van der Waals surface area contributed by atoms with Crippen LogP contribution in [0.25, 0.3) is 0 Å². The molecule has 18 heavy (non-hydrogen) atoms. The number of rotatable bonds is 3. The fourth-order valence-electron chi connectivity index (χ4n) is 2.80. The van der Waals surface area contributed by atoms with Crippen LogP contribution in [0.1, 0.15) is 43.4 Å². The number of fused-ring (bicyclic) bond motifs is 1. The fraction of sp³-hybridized carbons (Fsp3) is 0.571. The number of hydrogen-bond acceptors (Lipinski definition) is 3. The van der Waals surface area contributed by atoms with Crippen LogP contribution in [0.15, 0.2) is 24.3 Å². The lowest BCUT2D eigenvalue weighted by Gasteiger charge is -2.22. The van der Waals surface area contributed by atoms with Crippen molar-refractivity contribution in [1.29, 1.82) is 0 Å². The van der Waals surface area contributed by atoms with E-state index in [-0.39, 0.29) is 11.8 Å². The summed E-state index contributed by atoms with van der Waals surface area (Å²) in [5.74, 6) is 0.244. The van der Waals surface area contributed by atoms with Gasteiger partial charge in [-0.15, -0.1) is 0 Å². The second kappa shape index (κ2) is 5.41. The molecule has 0 saturated carbocycles. The second-order valence-electron chi connectivity index (χ2n) is 5.02. The highest BCUT2D eigenvalue weighted by atomic mass is 32.2. The first-order chi connectivity index (χ1) is 8.56. The van der Waals surface area contributed by atoms with E-state index in [1.165, 1.54) is 5.56 Å². The van der Waals surface area contributed by atoms with E-state index in [4.69, 9.17) is 5.73 Å². The van der Waals surface area contributed by atoms with E-state index in [0.717, 1.165) is 18.4 Å². The third kappa shape index (κ3) is 2.59. The van der Waals surface area contributed by atoms with Crippen molar-refractivity contribution in [2.45, 2.75) is 43.9 Å². The molecule has 0 heterocycles. The van der Waals surface area contributed by atoms with E-state index in [1.54, 1.807) is 0 Å². The molecule has 0 spiro atoms. The third-order valence-corrected chi connectivity index (χ3v) is 6.13. The quantitative estimate of drug-likeness (QED) is 0.854. The maximum absolute atomic E-state index is 12.3. The van der Waals surface area contributed by atoms with Crippen molar-refractivity contribution >= 4 is 9.84 Å². The Bertz CT molecular complexity index is 510. The van der Waals surface area contributed by atoms with E-state index < -0.39 is 15.1 Å². The summed E-state index contributed by atoms with van der Waals surface area (Å²) < 4.78 is 24.6. The number of aryl methyl sites for hydroxylation is 1. The third-order valence-electron chi connectivity index (χ3n) is 3.70. The van der Waals surface area contributed by atoms with Gasteiger partial charge in [-0.2, -0.15) is 0 Å². The first kappa shape index (κ1) is 13.6. The fourth-order valence-corrected chi connectivity index (χ4v) is 4.79. The second-order valence-corrected chi connectivity index (χ2v) is 7.36. The van der Waals surface area contributed by atoms with Gasteiger partial charge in [0.05, 0.1) is 11.0 Å². The van der Waals surface area contributed by atoms with Gasteiger partial charge >= 0.3 is 0 Å². The van der Waals surface area contributed by atoms with Gasteiger partial charge in [-0.3, -0.25) is 0 Å². The smallest absolute Gasteiger partial charge is 0.155 e. The van der Waals surface area contributed by atoms with Crippen LogP contribution in [-0.2, 0) is 16.3 Å². The van der Waals surface area contributed by atoms with Gasteiger partial charge in [0, 0.05) is 6.04 Å². The number of nitrogens with two attached hydrogens (primary N) is 1. The Morgan fingerprint density at radius 3 is 2.78 bits per heavy atom. The van der Waals surface area contributed by atoms with Gasteiger partial charge < -0.3 is 5.73 Å². The van der Waals surface area contributed by atoms with Crippen molar-refractivity contribution in [2.24, 2.45) is 5.73 Å². The van der Waals surface area contributed by atoms with Crippen molar-refractivity contribution in [3.8, 4) is 0 Å². The molecular formula is C14H21NO2S. The Kier molecular flexibility index (Phi) is 4.07. The number of benzene rings is 1. The van der Waals surface area contributed by atoms with Crippen LogP contribution in [0.3, 0.4) is 0 Å². The summed E-state index contributed by atoms with van der Waals surface area (Å²) in [4.78, 5) is 0. The van der Waals surface area contributed by atoms with Crippen LogP contribution >= 0.6 is 0 Å². The lowest BCUT2D eigenvalue weighted by Crippen LogP contribution is -2.34. The Hall–Kier alpha value is -0.870. The predicted molar refractivity (Wildman–Crippen MR) is 74.2 cm³/mol. The van der Waals surface area contributed by atoms with Crippen LogP contribution < -0.4 is 5.73 Å². The summed E-state index contributed by atoms with van der Waals surface area (Å²) in [6.07, 6.45) is 3.17. The van der Waals surface area contributed by atoms with E-state index >= 15 is 0 Å². The highest BCUT2D eigenvalue weighted by molar-refractivity contribution is 7.92. The average molecular weight is 267 g/mol. The molecule has 0 aromatic heterocycles. The monoisotopic (exact) mass is 267 g/mol. The summed E-state index contributed by atoms with van der Waals surface area (Å²) in [7, 11) is -3.07. The van der Waals surface area contributed by atoms with Gasteiger partial charge in [-0.1, -0.05) is 31.2 Å². The van der Waals surface area contributed by atoms with Crippen LogP contribution in [0.2, 0.25) is 0 Å². The molecule has 2 N–H and O–H groups in total. The molecule has 0 amide bonds. The molecule has 2 unspecified atom stereocenters. The summed E-state index contributed by atoms with van der Waals surface area (Å²) >= 11 is 0. The summed E-state index contributed by atoms with van der Waals surface area (Å²) in [6, 6.07) is 7.59. The zero-order chi connectivity index (χ0) is 13.2. The normalized spacial score (nSPS) is 24.3. The molecule has 0 saturated heterocycles. The lowest BCUT2D eigenvalue weighted by atomic mass is 10.00. The highest BCUT2D eigenvalue weighted by Gasteiger charge is 2.33. The molecule has 0 radical (unpaired) electrons. The Labute approximate surface area is 109 Å². The topological polar surface area (TPSA) is 60.2 Å². The molecule has 0 aliphatic heterocycles. The molecule has 100 valence electrons. The largest absolute Gasteiger partial charge is 0.323 e. The SMILES string of the molecule is CCCS(=O)(=O)C1CCCc2ccccc2C1N. The molecule has 2 rings (SSSR count). The molecule has 1 aliphatic rings. The zero-order valence-electron chi connectivity index (χ0n) is 10.8. The Balaban J connectivity index is 2.36. The van der Waals surface area contributed by atoms with Crippen LogP contribution in [0.4, 0.5) is 0 Å². The molecule has 0 fully saturated rings. The predicted octanol–water partition coefficient (Wildman–Crippen LogP) is 2.22. The van der Waals surface area contributed by atoms with Gasteiger partial charge in [-0.05, 0) is 36.8 Å². The average Bonchev–Trinajstić information content (AvgIpc) is 2.50. The minimum atomic E-state index is -3.07. The molecule has 3 nitrogen and oxygen atoms in total. The molecular weight excluding hydrogens is 246 g/mol. The molecule has 2 atom stereocenters. The Morgan fingerprint density at radius 1 is 1.33 bits per heavy atom. The Morgan fingerprint density at radius 2 is 2.06 bits per heavy atom. The minimum Gasteiger partial charge on any atom is -0.323 e. The summed E-state index contributed by atoms with van der Waals surface area (Å²) in [6.45, 7) is 1.90. The van der Waals surface area contributed by atoms with E-state index in [1.807, 2.05) is 25.1 Å². The first-order valence-electron chi connectivity index (χ1n) is 6.61. The van der Waals surface area contributed by atoms with Crippen LogP contribution in [-0.4, -0.2) is 19.4 Å². The van der Waals surface area contributed by atoms with Gasteiger partial charge in [0.25, 0.3) is 0 Å². The van der Waals surface area contributed by atoms with Crippen molar-refractivity contribution in [1.82, 2.24) is 0 Å². The van der Waals surface area contributed by atoms with Crippen molar-refractivity contribution < 1.29 is 8.42 Å². The maximum Gasteiger partial charge on any atom is 0.155 e. The number of hydrogen-bond donors (Lipinski definition) is 1. The van der Waals surface area contributed by atoms with Gasteiger partial charge in [0.15, 0.2) is 9.84 Å². The molecule has 4 heteroatoms. The van der Waals surface area contributed by atoms with Gasteiger partial charge in [0.2, 0.25) is 0 Å². The van der Waals surface area contributed by atoms with Crippen molar-refractivity contribution in [3.63, 3.8) is 0 Å². The van der Waals surface area contributed by atoms with E-state index in [9.17, 15) is 8.42 Å². The van der Waals surface area contributed by atoms with E-state index in [2.05, 4.69) is 6.07 Å². The van der Waals surface area contributed by atoms with Crippen LogP contribution in [0, 0.1) is 0 Å². The minimum absolute atomic E-state index is 0.244. The lowest BCUT2D eigenvalue weighted by molar-refractivity contribution is 0.539. The highest BCUT2D eigenvalue weighted by Crippen LogP contribution is 2.31. The molecule has 0 bridgehead atoms. The molecule has 1 aromatic rings. The van der Waals surface area contributed by atoms with Crippen molar-refractivity contribution in [2.75, 3.05) is 5.75 Å². The van der Waals surface area contributed by atoms with E-state index in [0.29, 0.717) is 12.8 Å².